The molecule has 0 saturated carbocycles. The second-order valence-electron chi connectivity index (χ2n) is 7.53. The Kier molecular flexibility index (Phi) is 5.44. The number of hydrogen-bond acceptors (Lipinski definition) is 5. The molecule has 3 heterocycles. The van der Waals surface area contributed by atoms with Gasteiger partial charge in [0.1, 0.15) is 0 Å². The van der Waals surface area contributed by atoms with Gasteiger partial charge in [0.15, 0.2) is 11.5 Å². The van der Waals surface area contributed by atoms with Crippen LogP contribution in [0.4, 0.5) is 0 Å². The number of hydrogen-bond donors (Lipinski definition) is 1. The molecule has 0 bridgehead atoms. The van der Waals surface area contributed by atoms with Crippen molar-refractivity contribution in [1.82, 2.24) is 15.2 Å². The summed E-state index contributed by atoms with van der Waals surface area (Å²) in [6.45, 7) is 7.41. The molecule has 1 aromatic carbocycles. The van der Waals surface area contributed by atoms with Crippen molar-refractivity contribution in [3.63, 3.8) is 0 Å². The molecule has 2 aromatic rings. The number of allylic oxidation sites excluding steroid dienone is 1. The van der Waals surface area contributed by atoms with Crippen molar-refractivity contribution in [1.29, 1.82) is 0 Å². The van der Waals surface area contributed by atoms with Gasteiger partial charge in [0.05, 0.1) is 0 Å². The summed E-state index contributed by atoms with van der Waals surface area (Å²) >= 11 is 0. The second kappa shape index (κ2) is 8.18. The second-order valence-corrected chi connectivity index (χ2v) is 7.53. The average molecular weight is 407 g/mol. The maximum absolute atomic E-state index is 12.7. The van der Waals surface area contributed by atoms with Crippen LogP contribution in [-0.2, 0) is 24.3 Å². The number of rotatable bonds is 4. The standard InChI is InChI=1S/C23H25N3O4/c1-4-14(2)23(28)26-8-7-18-17(12-26)10-24-15(3)19(18)11-25-22(27)16-5-6-20-21(9-16)30-13-29-20/h4-6,9-10H,7-8,11-13H2,1-3H3,(H,25,27)/b14-4+. The summed E-state index contributed by atoms with van der Waals surface area (Å²) in [4.78, 5) is 31.5. The number of amides is 2. The molecule has 0 aliphatic carbocycles. The normalized spacial score (nSPS) is 15.0. The van der Waals surface area contributed by atoms with Gasteiger partial charge in [0.2, 0.25) is 12.7 Å². The van der Waals surface area contributed by atoms with E-state index in [9.17, 15) is 9.59 Å². The van der Waals surface area contributed by atoms with Gasteiger partial charge in [-0.05, 0) is 62.1 Å². The van der Waals surface area contributed by atoms with E-state index in [2.05, 4.69) is 10.3 Å². The van der Waals surface area contributed by atoms with Crippen LogP contribution in [0, 0.1) is 6.92 Å². The van der Waals surface area contributed by atoms with E-state index in [1.54, 1.807) is 18.2 Å². The Hall–Kier alpha value is -3.35. The number of aromatic nitrogens is 1. The number of carbonyl (C=O) groups is 2. The van der Waals surface area contributed by atoms with Crippen molar-refractivity contribution in [2.45, 2.75) is 40.3 Å². The number of fused-ring (bicyclic) bond motifs is 2. The third-order valence-electron chi connectivity index (χ3n) is 5.71. The number of aryl methyl sites for hydroxylation is 1. The highest BCUT2D eigenvalue weighted by molar-refractivity contribution is 5.95. The Morgan fingerprint density at radius 3 is 2.87 bits per heavy atom. The lowest BCUT2D eigenvalue weighted by atomic mass is 9.94. The summed E-state index contributed by atoms with van der Waals surface area (Å²) in [6.07, 6.45) is 4.43. The Bertz CT molecular complexity index is 1040. The van der Waals surface area contributed by atoms with Gasteiger partial charge in [-0.2, -0.15) is 0 Å². The fourth-order valence-corrected chi connectivity index (χ4v) is 3.81. The maximum atomic E-state index is 12.7. The molecule has 0 unspecified atom stereocenters. The molecule has 4 rings (SSSR count). The van der Waals surface area contributed by atoms with E-state index in [1.807, 2.05) is 37.9 Å². The Labute approximate surface area is 175 Å². The minimum absolute atomic E-state index is 0.0568. The first-order chi connectivity index (χ1) is 14.5. The van der Waals surface area contributed by atoms with Crippen LogP contribution in [0.25, 0.3) is 0 Å². The van der Waals surface area contributed by atoms with E-state index in [0.717, 1.165) is 28.8 Å². The van der Waals surface area contributed by atoms with Crippen LogP contribution in [-0.4, -0.2) is 35.0 Å². The van der Waals surface area contributed by atoms with Crippen LogP contribution in [0.5, 0.6) is 11.5 Å². The van der Waals surface area contributed by atoms with E-state index in [-0.39, 0.29) is 18.6 Å². The summed E-state index contributed by atoms with van der Waals surface area (Å²) in [6, 6.07) is 5.16. The molecule has 0 spiro atoms. The van der Waals surface area contributed by atoms with Crippen LogP contribution < -0.4 is 14.8 Å². The summed E-state index contributed by atoms with van der Waals surface area (Å²) in [5, 5.41) is 2.99. The van der Waals surface area contributed by atoms with Gasteiger partial charge in [-0.15, -0.1) is 0 Å². The van der Waals surface area contributed by atoms with E-state index >= 15 is 0 Å². The highest BCUT2D eigenvalue weighted by Gasteiger charge is 2.25. The molecule has 7 heteroatoms. The minimum Gasteiger partial charge on any atom is -0.454 e. The van der Waals surface area contributed by atoms with Gasteiger partial charge in [-0.3, -0.25) is 14.6 Å². The largest absolute Gasteiger partial charge is 0.454 e. The van der Waals surface area contributed by atoms with Crippen LogP contribution in [0.3, 0.4) is 0 Å². The summed E-state index contributed by atoms with van der Waals surface area (Å²) < 4.78 is 10.6. The highest BCUT2D eigenvalue weighted by Crippen LogP contribution is 2.32. The summed E-state index contributed by atoms with van der Waals surface area (Å²) in [5.74, 6) is 1.11. The monoisotopic (exact) mass is 407 g/mol. The van der Waals surface area contributed by atoms with Gasteiger partial charge in [-0.25, -0.2) is 0 Å². The molecular formula is C23H25N3O4. The number of carbonyl (C=O) groups excluding carboxylic acids is 2. The van der Waals surface area contributed by atoms with Gasteiger partial charge in [0, 0.05) is 42.7 Å². The lowest BCUT2D eigenvalue weighted by molar-refractivity contribution is -0.128. The molecule has 1 N–H and O–H groups in total. The van der Waals surface area contributed by atoms with Crippen molar-refractivity contribution in [2.24, 2.45) is 0 Å². The molecule has 7 nitrogen and oxygen atoms in total. The third kappa shape index (κ3) is 3.75. The SMILES string of the molecule is C/C=C(\C)C(=O)N1CCc2c(cnc(C)c2CNC(=O)c2ccc3c(c2)OCO3)C1. The van der Waals surface area contributed by atoms with Crippen molar-refractivity contribution in [3.8, 4) is 11.5 Å². The number of nitrogens with zero attached hydrogens (tertiary/aromatic N) is 2. The highest BCUT2D eigenvalue weighted by atomic mass is 16.7. The molecule has 2 aliphatic rings. The molecule has 0 saturated heterocycles. The van der Waals surface area contributed by atoms with Crippen molar-refractivity contribution < 1.29 is 19.1 Å². The molecule has 2 amide bonds. The maximum Gasteiger partial charge on any atom is 0.251 e. The van der Waals surface area contributed by atoms with Crippen LogP contribution >= 0.6 is 0 Å². The first-order valence-corrected chi connectivity index (χ1v) is 10.0. The number of benzene rings is 1. The van der Waals surface area contributed by atoms with E-state index < -0.39 is 0 Å². The Balaban J connectivity index is 1.49. The van der Waals surface area contributed by atoms with Crippen LogP contribution in [0.2, 0.25) is 0 Å². The first kappa shape index (κ1) is 19.9. The smallest absolute Gasteiger partial charge is 0.251 e. The quantitative estimate of drug-likeness (QED) is 0.789. The summed E-state index contributed by atoms with van der Waals surface area (Å²) in [5.41, 5.74) is 5.40. The zero-order valence-corrected chi connectivity index (χ0v) is 17.4. The molecule has 2 aliphatic heterocycles. The van der Waals surface area contributed by atoms with E-state index in [0.29, 0.717) is 36.7 Å². The van der Waals surface area contributed by atoms with Gasteiger partial charge >= 0.3 is 0 Å². The van der Waals surface area contributed by atoms with Crippen LogP contribution in [0.15, 0.2) is 36.0 Å². The topological polar surface area (TPSA) is 80.8 Å². The zero-order chi connectivity index (χ0) is 21.3. The van der Waals surface area contributed by atoms with Gasteiger partial charge < -0.3 is 19.7 Å². The van der Waals surface area contributed by atoms with E-state index in [1.165, 1.54) is 5.56 Å². The molecule has 0 radical (unpaired) electrons. The fourth-order valence-electron chi connectivity index (χ4n) is 3.81. The third-order valence-corrected chi connectivity index (χ3v) is 5.71. The molecule has 0 atom stereocenters. The number of ether oxygens (including phenoxy) is 2. The predicted molar refractivity (Wildman–Crippen MR) is 111 cm³/mol. The minimum atomic E-state index is -0.179. The average Bonchev–Trinajstić information content (AvgIpc) is 3.24. The lowest BCUT2D eigenvalue weighted by Crippen LogP contribution is -2.37. The van der Waals surface area contributed by atoms with Crippen molar-refractivity contribution in [3.05, 3.63) is 64.0 Å². The van der Waals surface area contributed by atoms with Crippen molar-refractivity contribution in [2.75, 3.05) is 13.3 Å². The molecule has 1 aromatic heterocycles. The van der Waals surface area contributed by atoms with Gasteiger partial charge in [-0.1, -0.05) is 6.08 Å². The fraction of sp³-hybridized carbons (Fsp3) is 0.348. The predicted octanol–water partition coefficient (Wildman–Crippen LogP) is 2.90. The van der Waals surface area contributed by atoms with Crippen molar-refractivity contribution >= 4 is 11.8 Å². The zero-order valence-electron chi connectivity index (χ0n) is 17.4. The Morgan fingerprint density at radius 1 is 1.27 bits per heavy atom. The molecule has 156 valence electrons. The van der Waals surface area contributed by atoms with Gasteiger partial charge in [0.25, 0.3) is 5.91 Å². The number of pyridine rings is 1. The lowest BCUT2D eigenvalue weighted by Gasteiger charge is -2.30. The van der Waals surface area contributed by atoms with Crippen LogP contribution in [0.1, 0.15) is 46.6 Å². The molecule has 0 fully saturated rings. The molecular weight excluding hydrogens is 382 g/mol. The first-order valence-electron chi connectivity index (χ1n) is 10.0. The summed E-state index contributed by atoms with van der Waals surface area (Å²) in [7, 11) is 0. The Morgan fingerprint density at radius 2 is 2.07 bits per heavy atom. The molecule has 30 heavy (non-hydrogen) atoms. The number of nitrogens with one attached hydrogen (secondary N) is 1. The van der Waals surface area contributed by atoms with E-state index in [4.69, 9.17) is 9.47 Å².